The van der Waals surface area contributed by atoms with Gasteiger partial charge in [0.15, 0.2) is 0 Å². The average Bonchev–Trinajstić information content (AvgIpc) is 2.62. The highest BCUT2D eigenvalue weighted by atomic mass is 35.5. The number of nitrogens with zero attached hydrogens (tertiary/aromatic N) is 1. The van der Waals surface area contributed by atoms with Crippen LogP contribution >= 0.6 is 23.2 Å². The van der Waals surface area contributed by atoms with E-state index in [-0.39, 0.29) is 45.9 Å². The van der Waals surface area contributed by atoms with E-state index in [1.165, 1.54) is 16.4 Å². The lowest BCUT2D eigenvalue weighted by Gasteiger charge is -2.32. The quantitative estimate of drug-likeness (QED) is 0.811. The molecule has 0 aliphatic carbocycles. The average molecular weight is 421 g/mol. The first-order chi connectivity index (χ1) is 12.4. The molecule has 0 bridgehead atoms. The van der Waals surface area contributed by atoms with Gasteiger partial charge in [-0.2, -0.15) is 4.31 Å². The maximum absolute atomic E-state index is 12.9. The van der Waals surface area contributed by atoms with E-state index in [2.05, 4.69) is 5.32 Å². The molecule has 0 aromatic heterocycles. The third kappa shape index (κ3) is 4.34. The Morgan fingerprint density at radius 2 is 1.81 bits per heavy atom. The van der Waals surface area contributed by atoms with Crippen molar-refractivity contribution >= 4 is 39.1 Å². The van der Waals surface area contributed by atoms with Gasteiger partial charge in [-0.25, -0.2) is 8.42 Å². The first-order valence-corrected chi connectivity index (χ1v) is 10.9. The number of amides is 1. The summed E-state index contributed by atoms with van der Waals surface area (Å²) in [6.07, 6.45) is 2.81. The van der Waals surface area contributed by atoms with Crippen molar-refractivity contribution in [1.82, 2.24) is 9.62 Å². The number of rotatable bonds is 4. The van der Waals surface area contributed by atoms with Crippen molar-refractivity contribution < 1.29 is 17.9 Å². The molecule has 2 aliphatic rings. The number of hydrogen-bond acceptors (Lipinski definition) is 4. The summed E-state index contributed by atoms with van der Waals surface area (Å²) in [5.74, 6) is -0.210. The molecule has 2 aliphatic heterocycles. The number of ether oxygens (including phenoxy) is 1. The highest BCUT2D eigenvalue weighted by molar-refractivity contribution is 7.89. The van der Waals surface area contributed by atoms with Crippen LogP contribution in [-0.4, -0.2) is 51.0 Å². The van der Waals surface area contributed by atoms with E-state index in [0.717, 1.165) is 19.4 Å². The lowest BCUT2D eigenvalue weighted by molar-refractivity contribution is -0.127. The third-order valence-corrected chi connectivity index (χ3v) is 7.70. The summed E-state index contributed by atoms with van der Waals surface area (Å²) in [6, 6.07) is 4.68. The summed E-state index contributed by atoms with van der Waals surface area (Å²) in [4.78, 5) is 12.4. The number of benzene rings is 1. The minimum Gasteiger partial charge on any atom is -0.379 e. The topological polar surface area (TPSA) is 75.7 Å². The number of sulfonamides is 1. The van der Waals surface area contributed by atoms with Crippen LogP contribution in [0.5, 0.6) is 0 Å². The van der Waals surface area contributed by atoms with Gasteiger partial charge in [0, 0.05) is 25.6 Å². The van der Waals surface area contributed by atoms with E-state index < -0.39 is 10.0 Å². The van der Waals surface area contributed by atoms with Crippen LogP contribution in [0.2, 0.25) is 10.0 Å². The molecule has 0 saturated carbocycles. The molecule has 1 aromatic carbocycles. The van der Waals surface area contributed by atoms with Gasteiger partial charge in [-0.3, -0.25) is 4.79 Å². The fourth-order valence-corrected chi connectivity index (χ4v) is 5.95. The Balaban J connectivity index is 1.61. The smallest absolute Gasteiger partial charge is 0.246 e. The van der Waals surface area contributed by atoms with Crippen LogP contribution in [0.3, 0.4) is 0 Å². The van der Waals surface area contributed by atoms with Crippen LogP contribution in [0.25, 0.3) is 0 Å². The zero-order chi connectivity index (χ0) is 18.7. The number of halogens is 2. The minimum absolute atomic E-state index is 0.0201. The zero-order valence-corrected chi connectivity index (χ0v) is 16.6. The van der Waals surface area contributed by atoms with Gasteiger partial charge >= 0.3 is 0 Å². The molecule has 1 N–H and O–H groups in total. The van der Waals surface area contributed by atoms with E-state index in [1.54, 1.807) is 6.07 Å². The van der Waals surface area contributed by atoms with Crippen molar-refractivity contribution in [3.63, 3.8) is 0 Å². The van der Waals surface area contributed by atoms with Crippen molar-refractivity contribution in [3.8, 4) is 0 Å². The van der Waals surface area contributed by atoms with E-state index in [4.69, 9.17) is 27.9 Å². The summed E-state index contributed by atoms with van der Waals surface area (Å²) < 4.78 is 32.5. The number of hydrogen-bond donors (Lipinski definition) is 1. The third-order valence-electron chi connectivity index (χ3n) is 4.85. The Bertz CT molecular complexity index is 738. The molecule has 1 aromatic rings. The van der Waals surface area contributed by atoms with Crippen LogP contribution in [0.4, 0.5) is 0 Å². The lowest BCUT2D eigenvalue weighted by Crippen LogP contribution is -2.47. The van der Waals surface area contributed by atoms with Gasteiger partial charge in [0.25, 0.3) is 0 Å². The van der Waals surface area contributed by atoms with Crippen LogP contribution in [0.1, 0.15) is 25.7 Å². The maximum atomic E-state index is 12.9. The van der Waals surface area contributed by atoms with Crippen molar-refractivity contribution in [2.24, 2.45) is 5.92 Å². The molecular weight excluding hydrogens is 399 g/mol. The zero-order valence-electron chi connectivity index (χ0n) is 14.3. The van der Waals surface area contributed by atoms with Gasteiger partial charge in [-0.1, -0.05) is 29.3 Å². The second-order valence-corrected chi connectivity index (χ2v) is 9.34. The largest absolute Gasteiger partial charge is 0.379 e. The van der Waals surface area contributed by atoms with Crippen LogP contribution < -0.4 is 5.32 Å². The molecule has 26 heavy (non-hydrogen) atoms. The Hall–Kier alpha value is -0.860. The molecule has 1 amide bonds. The number of carbonyl (C=O) groups is 1. The molecule has 9 heteroatoms. The maximum Gasteiger partial charge on any atom is 0.246 e. The SMILES string of the molecule is O=C(NC1CCCOC1)C1CCN(S(=O)(=O)c2c(Cl)cccc2Cl)CC1. The second-order valence-electron chi connectivity index (χ2n) is 6.65. The van der Waals surface area contributed by atoms with E-state index in [9.17, 15) is 13.2 Å². The second kappa shape index (κ2) is 8.44. The van der Waals surface area contributed by atoms with Gasteiger partial charge in [0.2, 0.25) is 15.9 Å². The summed E-state index contributed by atoms with van der Waals surface area (Å²) in [5.41, 5.74) is 0. The summed E-state index contributed by atoms with van der Waals surface area (Å²) in [5, 5.41) is 3.23. The van der Waals surface area contributed by atoms with Gasteiger partial charge < -0.3 is 10.1 Å². The Morgan fingerprint density at radius 1 is 1.15 bits per heavy atom. The Kier molecular flexibility index (Phi) is 6.45. The fraction of sp³-hybridized carbons (Fsp3) is 0.588. The summed E-state index contributed by atoms with van der Waals surface area (Å²) >= 11 is 12.1. The van der Waals surface area contributed by atoms with Crippen molar-refractivity contribution in [3.05, 3.63) is 28.2 Å². The molecule has 0 radical (unpaired) electrons. The molecule has 2 heterocycles. The number of carbonyl (C=O) groups excluding carboxylic acids is 1. The molecule has 3 rings (SSSR count). The van der Waals surface area contributed by atoms with Crippen LogP contribution in [0, 0.1) is 5.92 Å². The summed E-state index contributed by atoms with van der Waals surface area (Å²) in [6.45, 7) is 1.82. The minimum atomic E-state index is -3.78. The Labute approximate surface area is 163 Å². The first-order valence-electron chi connectivity index (χ1n) is 8.72. The lowest BCUT2D eigenvalue weighted by atomic mass is 9.96. The molecule has 1 unspecified atom stereocenters. The van der Waals surface area contributed by atoms with Gasteiger partial charge in [0.1, 0.15) is 4.90 Å². The van der Waals surface area contributed by atoms with Crippen LogP contribution in [-0.2, 0) is 19.6 Å². The predicted molar refractivity (Wildman–Crippen MR) is 99.9 cm³/mol. The molecule has 1 atom stereocenters. The number of piperidine rings is 1. The highest BCUT2D eigenvalue weighted by Gasteiger charge is 2.34. The predicted octanol–water partition coefficient (Wildman–Crippen LogP) is 2.69. The molecular formula is C17H22Cl2N2O4S. The van der Waals surface area contributed by atoms with Crippen LogP contribution in [0.15, 0.2) is 23.1 Å². The van der Waals surface area contributed by atoms with E-state index in [0.29, 0.717) is 19.4 Å². The molecule has 2 saturated heterocycles. The van der Waals surface area contributed by atoms with Crippen molar-refractivity contribution in [2.75, 3.05) is 26.3 Å². The van der Waals surface area contributed by atoms with E-state index >= 15 is 0 Å². The highest BCUT2D eigenvalue weighted by Crippen LogP contribution is 2.33. The fourth-order valence-electron chi connectivity index (χ4n) is 3.39. The normalized spacial score (nSPS) is 22.9. The molecule has 144 valence electrons. The van der Waals surface area contributed by atoms with Gasteiger partial charge in [-0.15, -0.1) is 0 Å². The molecule has 0 spiro atoms. The molecule has 2 fully saturated rings. The number of nitrogens with one attached hydrogen (secondary N) is 1. The van der Waals surface area contributed by atoms with Crippen molar-refractivity contribution in [2.45, 2.75) is 36.6 Å². The summed E-state index contributed by atoms with van der Waals surface area (Å²) in [7, 11) is -3.78. The van der Waals surface area contributed by atoms with Crippen molar-refractivity contribution in [1.29, 1.82) is 0 Å². The first kappa shape index (κ1) is 19.9. The molecule has 6 nitrogen and oxygen atoms in total. The van der Waals surface area contributed by atoms with E-state index in [1.807, 2.05) is 0 Å². The standard InChI is InChI=1S/C17H22Cl2N2O4S/c18-14-4-1-5-15(19)16(14)26(23,24)21-8-6-12(7-9-21)17(22)20-13-3-2-10-25-11-13/h1,4-5,12-13H,2-3,6-11H2,(H,20,22). The van der Waals surface area contributed by atoms with Gasteiger partial charge in [0.05, 0.1) is 22.7 Å². The Morgan fingerprint density at radius 3 is 2.38 bits per heavy atom. The monoisotopic (exact) mass is 420 g/mol. The van der Waals surface area contributed by atoms with Gasteiger partial charge in [-0.05, 0) is 37.8 Å².